The number of piperidine rings is 1. The quantitative estimate of drug-likeness (QED) is 0.437. The molecule has 1 aliphatic heterocycles. The highest BCUT2D eigenvalue weighted by Gasteiger charge is 2.26. The number of nitrogens with one attached hydrogen (secondary N) is 1. The highest BCUT2D eigenvalue weighted by atomic mass is 16.3. The number of aromatic nitrogens is 3. The van der Waals surface area contributed by atoms with Gasteiger partial charge >= 0.3 is 0 Å². The van der Waals surface area contributed by atoms with Gasteiger partial charge in [-0.1, -0.05) is 6.42 Å². The van der Waals surface area contributed by atoms with Crippen LogP contribution in [0.2, 0.25) is 0 Å². The van der Waals surface area contributed by atoms with Crippen molar-refractivity contribution in [1.29, 1.82) is 0 Å². The first-order valence-corrected chi connectivity index (χ1v) is 11.6. The van der Waals surface area contributed by atoms with Gasteiger partial charge in [0.1, 0.15) is 11.5 Å². The van der Waals surface area contributed by atoms with Crippen molar-refractivity contribution < 1.29 is 13.6 Å². The summed E-state index contributed by atoms with van der Waals surface area (Å²) in [5, 5.41) is 8.37. The number of carbonyl (C=O) groups is 1. The molecule has 4 aromatic heterocycles. The molecule has 1 saturated heterocycles. The lowest BCUT2D eigenvalue weighted by Gasteiger charge is -2.33. The summed E-state index contributed by atoms with van der Waals surface area (Å²) < 4.78 is 13.1. The molecule has 0 aromatic carbocycles. The van der Waals surface area contributed by atoms with E-state index in [-0.39, 0.29) is 18.0 Å². The summed E-state index contributed by atoms with van der Waals surface area (Å²) in [6.07, 6.45) is 8.59. The van der Waals surface area contributed by atoms with Gasteiger partial charge in [0.25, 0.3) is 5.91 Å². The fourth-order valence-electron chi connectivity index (χ4n) is 4.54. The molecule has 0 bridgehead atoms. The van der Waals surface area contributed by atoms with E-state index in [9.17, 15) is 4.79 Å². The van der Waals surface area contributed by atoms with E-state index in [1.54, 1.807) is 24.8 Å². The van der Waals surface area contributed by atoms with E-state index in [1.165, 1.54) is 6.42 Å². The van der Waals surface area contributed by atoms with Crippen molar-refractivity contribution in [1.82, 2.24) is 25.0 Å². The van der Waals surface area contributed by atoms with Crippen LogP contribution in [-0.2, 0) is 0 Å². The summed E-state index contributed by atoms with van der Waals surface area (Å²) in [5.74, 6) is 1.33. The molecule has 4 aromatic rings. The highest BCUT2D eigenvalue weighted by Crippen LogP contribution is 2.28. The van der Waals surface area contributed by atoms with Crippen molar-refractivity contribution in [2.75, 3.05) is 19.6 Å². The maximum atomic E-state index is 13.5. The van der Waals surface area contributed by atoms with Gasteiger partial charge in [-0.15, -0.1) is 0 Å². The van der Waals surface area contributed by atoms with E-state index in [2.05, 4.69) is 15.3 Å². The molecule has 33 heavy (non-hydrogen) atoms. The number of amides is 1. The number of fused-ring (bicyclic) bond motifs is 1. The predicted molar refractivity (Wildman–Crippen MR) is 125 cm³/mol. The molecule has 0 saturated carbocycles. The summed E-state index contributed by atoms with van der Waals surface area (Å²) in [6.45, 7) is 6.56. The van der Waals surface area contributed by atoms with E-state index in [0.29, 0.717) is 29.2 Å². The first-order chi connectivity index (χ1) is 16.1. The third-order valence-electron chi connectivity index (χ3n) is 6.23. The first kappa shape index (κ1) is 21.5. The Labute approximate surface area is 192 Å². The largest absolute Gasteiger partial charge is 0.468 e. The molecule has 8 heteroatoms. The molecule has 5 heterocycles. The van der Waals surface area contributed by atoms with Gasteiger partial charge in [0.15, 0.2) is 11.4 Å². The Hall–Kier alpha value is -3.39. The van der Waals surface area contributed by atoms with Gasteiger partial charge in [-0.3, -0.25) is 9.69 Å². The molecule has 1 atom stereocenters. The molecule has 0 radical (unpaired) electrons. The number of rotatable bonds is 7. The van der Waals surface area contributed by atoms with E-state index in [0.717, 1.165) is 37.1 Å². The third-order valence-corrected chi connectivity index (χ3v) is 6.23. The van der Waals surface area contributed by atoms with Gasteiger partial charge in [0.2, 0.25) is 0 Å². The number of hydrogen-bond donors (Lipinski definition) is 1. The minimum absolute atomic E-state index is 0.00418. The topological polar surface area (TPSA) is 89.3 Å². The van der Waals surface area contributed by atoms with Crippen LogP contribution >= 0.6 is 0 Å². The van der Waals surface area contributed by atoms with Crippen LogP contribution in [0.5, 0.6) is 0 Å². The maximum absolute atomic E-state index is 13.5. The van der Waals surface area contributed by atoms with Crippen LogP contribution in [0.15, 0.2) is 57.9 Å². The fourth-order valence-corrected chi connectivity index (χ4v) is 4.54. The number of likely N-dealkylation sites (tertiary alicyclic amines) is 1. The number of furan rings is 2. The van der Waals surface area contributed by atoms with Gasteiger partial charge in [-0.05, 0) is 70.1 Å². The minimum atomic E-state index is -0.160. The van der Waals surface area contributed by atoms with Gasteiger partial charge < -0.3 is 14.2 Å². The normalized spacial score (nSPS) is 15.8. The number of hydrogen-bond acceptors (Lipinski definition) is 6. The van der Waals surface area contributed by atoms with E-state index in [1.807, 2.05) is 42.8 Å². The lowest BCUT2D eigenvalue weighted by atomic mass is 10.1. The standard InChI is InChI=1S/C25H29N5O3/c1-17(2)30-24-19(15-27-30)18(14-20(28-24)22-8-6-12-32-22)25(31)26-16-21(23-9-7-13-33-23)29-10-4-3-5-11-29/h6-9,12-15,17,21H,3-5,10-11,16H2,1-2H3,(H,26,31). The summed E-state index contributed by atoms with van der Waals surface area (Å²) in [4.78, 5) is 20.6. The van der Waals surface area contributed by atoms with Gasteiger partial charge in [0.05, 0.1) is 35.7 Å². The average molecular weight is 448 g/mol. The Morgan fingerprint density at radius 3 is 2.61 bits per heavy atom. The molecule has 1 aliphatic rings. The minimum Gasteiger partial charge on any atom is -0.468 e. The molecule has 1 N–H and O–H groups in total. The lowest BCUT2D eigenvalue weighted by Crippen LogP contribution is -2.40. The van der Waals surface area contributed by atoms with Gasteiger partial charge in [-0.2, -0.15) is 5.10 Å². The summed E-state index contributed by atoms with van der Waals surface area (Å²) in [6, 6.07) is 9.44. The molecular formula is C25H29N5O3. The van der Waals surface area contributed by atoms with E-state index >= 15 is 0 Å². The first-order valence-electron chi connectivity index (χ1n) is 11.6. The second kappa shape index (κ2) is 9.23. The number of pyridine rings is 1. The van der Waals surface area contributed by atoms with Crippen molar-refractivity contribution in [3.63, 3.8) is 0 Å². The molecular weight excluding hydrogens is 418 g/mol. The molecule has 1 unspecified atom stereocenters. The zero-order valence-corrected chi connectivity index (χ0v) is 19.0. The molecule has 1 amide bonds. The Kier molecular flexibility index (Phi) is 6.00. The zero-order chi connectivity index (χ0) is 22.8. The lowest BCUT2D eigenvalue weighted by molar-refractivity contribution is 0.0915. The van der Waals surface area contributed by atoms with Crippen LogP contribution < -0.4 is 5.32 Å². The Morgan fingerprint density at radius 2 is 1.91 bits per heavy atom. The monoisotopic (exact) mass is 447 g/mol. The third kappa shape index (κ3) is 4.30. The Balaban J connectivity index is 1.46. The van der Waals surface area contributed by atoms with Crippen LogP contribution in [-0.4, -0.2) is 45.2 Å². The summed E-state index contributed by atoms with van der Waals surface area (Å²) >= 11 is 0. The zero-order valence-electron chi connectivity index (χ0n) is 19.0. The van der Waals surface area contributed by atoms with Crippen molar-refractivity contribution in [3.05, 3.63) is 60.4 Å². The summed E-state index contributed by atoms with van der Waals surface area (Å²) in [7, 11) is 0. The average Bonchev–Trinajstić information content (AvgIpc) is 3.61. The van der Waals surface area contributed by atoms with Crippen LogP contribution in [0.25, 0.3) is 22.5 Å². The van der Waals surface area contributed by atoms with Crippen LogP contribution in [0.4, 0.5) is 0 Å². The van der Waals surface area contributed by atoms with Crippen LogP contribution in [0.3, 0.4) is 0 Å². The van der Waals surface area contributed by atoms with Crippen molar-refractivity contribution in [2.24, 2.45) is 0 Å². The second-order valence-electron chi connectivity index (χ2n) is 8.79. The van der Waals surface area contributed by atoms with Gasteiger partial charge in [0, 0.05) is 12.6 Å². The predicted octanol–water partition coefficient (Wildman–Crippen LogP) is 4.82. The van der Waals surface area contributed by atoms with Gasteiger partial charge in [-0.25, -0.2) is 9.67 Å². The molecule has 1 fully saturated rings. The molecule has 8 nitrogen and oxygen atoms in total. The number of carbonyl (C=O) groups excluding carboxylic acids is 1. The number of nitrogens with zero attached hydrogens (tertiary/aromatic N) is 4. The molecule has 172 valence electrons. The Morgan fingerprint density at radius 1 is 1.12 bits per heavy atom. The molecule has 0 spiro atoms. The fraction of sp³-hybridized carbons (Fsp3) is 0.400. The maximum Gasteiger partial charge on any atom is 0.252 e. The molecule has 5 rings (SSSR count). The van der Waals surface area contributed by atoms with Crippen molar-refractivity contribution >= 4 is 16.9 Å². The van der Waals surface area contributed by atoms with E-state index < -0.39 is 0 Å². The van der Waals surface area contributed by atoms with Crippen LogP contribution in [0.1, 0.15) is 61.3 Å². The highest BCUT2D eigenvalue weighted by molar-refractivity contribution is 6.06. The summed E-state index contributed by atoms with van der Waals surface area (Å²) in [5.41, 5.74) is 1.82. The Bertz CT molecular complexity index is 1200. The smallest absolute Gasteiger partial charge is 0.252 e. The van der Waals surface area contributed by atoms with Crippen molar-refractivity contribution in [3.8, 4) is 11.5 Å². The SMILES string of the molecule is CC(C)n1ncc2c(C(=O)NCC(c3ccco3)N3CCCCC3)cc(-c3ccco3)nc21. The van der Waals surface area contributed by atoms with E-state index in [4.69, 9.17) is 13.8 Å². The van der Waals surface area contributed by atoms with Crippen molar-refractivity contribution in [2.45, 2.75) is 45.2 Å². The second-order valence-corrected chi connectivity index (χ2v) is 8.79. The van der Waals surface area contributed by atoms with Crippen LogP contribution in [0, 0.1) is 0 Å². The molecule has 0 aliphatic carbocycles.